The van der Waals surface area contributed by atoms with Crippen LogP contribution in [-0.4, -0.2) is 11.9 Å². The Hall–Kier alpha value is -1.98. The number of esters is 2. The van der Waals surface area contributed by atoms with E-state index in [9.17, 15) is 18.4 Å². The highest BCUT2D eigenvalue weighted by atomic mass is 19.1. The van der Waals surface area contributed by atoms with Gasteiger partial charge in [-0.2, -0.15) is 0 Å². The maximum Gasteiger partial charge on any atom is 0.313 e. The van der Waals surface area contributed by atoms with Crippen LogP contribution < -0.4 is 4.74 Å². The highest BCUT2D eigenvalue weighted by Gasteiger charge is 2.18. The molecule has 0 amide bonds. The molecule has 0 N–H and O–H groups in total. The minimum Gasteiger partial charge on any atom is -0.461 e. The molecule has 6 heteroatoms. The van der Waals surface area contributed by atoms with Gasteiger partial charge in [0.05, 0.1) is 5.92 Å². The van der Waals surface area contributed by atoms with Gasteiger partial charge in [-0.25, -0.2) is 8.78 Å². The molecule has 0 aliphatic carbocycles. The predicted octanol–water partition coefficient (Wildman–Crippen LogP) is 2.59. The van der Waals surface area contributed by atoms with Gasteiger partial charge < -0.3 is 9.47 Å². The first-order valence-electron chi connectivity index (χ1n) is 5.64. The Morgan fingerprint density at radius 1 is 1.21 bits per heavy atom. The Balaban J connectivity index is 2.91. The van der Waals surface area contributed by atoms with Crippen molar-refractivity contribution in [1.29, 1.82) is 0 Å². The first kappa shape index (κ1) is 15.1. The number of rotatable bonds is 4. The summed E-state index contributed by atoms with van der Waals surface area (Å²) in [4.78, 5) is 21.9. The van der Waals surface area contributed by atoms with E-state index in [1.807, 2.05) is 0 Å². The van der Waals surface area contributed by atoms with Crippen LogP contribution in [0.2, 0.25) is 0 Å². The molecular weight excluding hydrogens is 258 g/mol. The number of ether oxygens (including phenoxy) is 2. The Morgan fingerprint density at radius 2 is 1.74 bits per heavy atom. The van der Waals surface area contributed by atoms with E-state index in [0.717, 1.165) is 12.1 Å². The van der Waals surface area contributed by atoms with Gasteiger partial charge in [-0.3, -0.25) is 9.59 Å². The second-order valence-electron chi connectivity index (χ2n) is 4.24. The molecule has 0 aromatic heterocycles. The number of carbonyl (C=O) groups is 2. The summed E-state index contributed by atoms with van der Waals surface area (Å²) in [6, 6.07) is 1.91. The van der Waals surface area contributed by atoms with Crippen LogP contribution in [0, 0.1) is 17.6 Å². The van der Waals surface area contributed by atoms with Crippen LogP contribution in [0.15, 0.2) is 12.1 Å². The van der Waals surface area contributed by atoms with Gasteiger partial charge in [-0.05, 0) is 17.7 Å². The van der Waals surface area contributed by atoms with Crippen molar-refractivity contribution in [3.63, 3.8) is 0 Å². The maximum absolute atomic E-state index is 13.6. The van der Waals surface area contributed by atoms with Gasteiger partial charge in [0.2, 0.25) is 5.75 Å². The van der Waals surface area contributed by atoms with Crippen molar-refractivity contribution in [2.24, 2.45) is 5.92 Å². The second-order valence-corrected chi connectivity index (χ2v) is 4.24. The summed E-state index contributed by atoms with van der Waals surface area (Å²) in [5.41, 5.74) is 0.134. The molecule has 19 heavy (non-hydrogen) atoms. The van der Waals surface area contributed by atoms with Crippen molar-refractivity contribution >= 4 is 11.9 Å². The highest BCUT2D eigenvalue weighted by Crippen LogP contribution is 2.24. The highest BCUT2D eigenvalue weighted by molar-refractivity contribution is 5.74. The van der Waals surface area contributed by atoms with E-state index in [2.05, 4.69) is 9.47 Å². The van der Waals surface area contributed by atoms with Gasteiger partial charge >= 0.3 is 11.9 Å². The number of hydrogen-bond donors (Lipinski definition) is 0. The van der Waals surface area contributed by atoms with Crippen LogP contribution in [-0.2, 0) is 20.9 Å². The topological polar surface area (TPSA) is 52.6 Å². The van der Waals surface area contributed by atoms with Gasteiger partial charge in [0.25, 0.3) is 0 Å². The fourth-order valence-corrected chi connectivity index (χ4v) is 1.20. The van der Waals surface area contributed by atoms with E-state index in [1.54, 1.807) is 13.8 Å². The zero-order valence-corrected chi connectivity index (χ0v) is 10.8. The molecule has 0 aliphatic heterocycles. The molecule has 0 atom stereocenters. The Labute approximate surface area is 109 Å². The van der Waals surface area contributed by atoms with Crippen molar-refractivity contribution < 1.29 is 27.8 Å². The van der Waals surface area contributed by atoms with Crippen molar-refractivity contribution in [1.82, 2.24) is 0 Å². The summed E-state index contributed by atoms with van der Waals surface area (Å²) in [6.45, 7) is 4.04. The quantitative estimate of drug-likeness (QED) is 0.624. The summed E-state index contributed by atoms with van der Waals surface area (Å²) in [7, 11) is 0. The SMILES string of the molecule is CC(=O)OCc1cc(F)c(OC(=O)C(C)C)c(F)c1. The summed E-state index contributed by atoms with van der Waals surface area (Å²) in [6.07, 6.45) is 0. The average molecular weight is 272 g/mol. The molecule has 1 rings (SSSR count). The molecule has 0 fully saturated rings. The molecule has 0 saturated carbocycles. The third kappa shape index (κ3) is 4.31. The van der Waals surface area contributed by atoms with Gasteiger partial charge in [0.15, 0.2) is 11.6 Å². The molecular formula is C13H14F2O4. The molecule has 0 spiro atoms. The van der Waals surface area contributed by atoms with E-state index in [-0.39, 0.29) is 12.2 Å². The van der Waals surface area contributed by atoms with Crippen molar-refractivity contribution in [2.45, 2.75) is 27.4 Å². The van der Waals surface area contributed by atoms with Crippen LogP contribution in [0.25, 0.3) is 0 Å². The fraction of sp³-hybridized carbons (Fsp3) is 0.385. The van der Waals surface area contributed by atoms with Crippen LogP contribution in [0.1, 0.15) is 26.3 Å². The molecule has 0 unspecified atom stereocenters. The second kappa shape index (κ2) is 6.26. The summed E-state index contributed by atoms with van der Waals surface area (Å²) in [5.74, 6) is -4.57. The fourth-order valence-electron chi connectivity index (χ4n) is 1.20. The van der Waals surface area contributed by atoms with Crippen LogP contribution in [0.3, 0.4) is 0 Å². The maximum atomic E-state index is 13.6. The molecule has 0 heterocycles. The summed E-state index contributed by atoms with van der Waals surface area (Å²) in [5, 5.41) is 0. The molecule has 4 nitrogen and oxygen atoms in total. The lowest BCUT2D eigenvalue weighted by molar-refractivity contribution is -0.142. The lowest BCUT2D eigenvalue weighted by Crippen LogP contribution is -2.16. The number of carbonyl (C=O) groups excluding carboxylic acids is 2. The van der Waals surface area contributed by atoms with Crippen molar-refractivity contribution in [2.75, 3.05) is 0 Å². The average Bonchev–Trinajstić information content (AvgIpc) is 2.30. The van der Waals surface area contributed by atoms with Gasteiger partial charge in [-0.15, -0.1) is 0 Å². The zero-order valence-electron chi connectivity index (χ0n) is 10.8. The summed E-state index contributed by atoms with van der Waals surface area (Å²) < 4.78 is 36.4. The van der Waals surface area contributed by atoms with Gasteiger partial charge in [0.1, 0.15) is 6.61 Å². The Kier molecular flexibility index (Phi) is 4.97. The molecule has 0 saturated heterocycles. The molecule has 1 aromatic rings. The largest absolute Gasteiger partial charge is 0.461 e. The monoisotopic (exact) mass is 272 g/mol. The predicted molar refractivity (Wildman–Crippen MR) is 62.3 cm³/mol. The first-order chi connectivity index (χ1) is 8.81. The zero-order chi connectivity index (χ0) is 14.6. The van der Waals surface area contributed by atoms with Crippen LogP contribution >= 0.6 is 0 Å². The minimum absolute atomic E-state index is 0.134. The molecule has 1 aromatic carbocycles. The van der Waals surface area contributed by atoms with Gasteiger partial charge in [-0.1, -0.05) is 13.8 Å². The lowest BCUT2D eigenvalue weighted by atomic mass is 10.2. The van der Waals surface area contributed by atoms with Crippen molar-refractivity contribution in [3.05, 3.63) is 29.3 Å². The first-order valence-corrected chi connectivity index (χ1v) is 5.64. The van der Waals surface area contributed by atoms with E-state index in [4.69, 9.17) is 0 Å². The number of hydrogen-bond acceptors (Lipinski definition) is 4. The van der Waals surface area contributed by atoms with E-state index < -0.39 is 35.2 Å². The number of halogens is 2. The van der Waals surface area contributed by atoms with Crippen molar-refractivity contribution in [3.8, 4) is 5.75 Å². The summed E-state index contributed by atoms with van der Waals surface area (Å²) >= 11 is 0. The molecule has 0 radical (unpaired) electrons. The third-order valence-corrected chi connectivity index (χ3v) is 2.17. The lowest BCUT2D eigenvalue weighted by Gasteiger charge is -2.10. The van der Waals surface area contributed by atoms with E-state index in [1.165, 1.54) is 6.92 Å². The van der Waals surface area contributed by atoms with E-state index >= 15 is 0 Å². The minimum atomic E-state index is -1.02. The number of benzene rings is 1. The standard InChI is InChI=1S/C13H14F2O4/c1-7(2)13(17)19-12-10(14)4-9(5-11(12)15)6-18-8(3)16/h4-5,7H,6H2,1-3H3. The normalized spacial score (nSPS) is 10.4. The smallest absolute Gasteiger partial charge is 0.313 e. The Morgan fingerprint density at radius 3 is 2.16 bits per heavy atom. The van der Waals surface area contributed by atoms with Gasteiger partial charge in [0, 0.05) is 6.92 Å². The van der Waals surface area contributed by atoms with Crippen LogP contribution in [0.5, 0.6) is 5.75 Å². The molecule has 0 bridgehead atoms. The van der Waals surface area contributed by atoms with E-state index in [0.29, 0.717) is 0 Å². The molecule has 0 aliphatic rings. The molecule has 104 valence electrons. The van der Waals surface area contributed by atoms with Crippen LogP contribution in [0.4, 0.5) is 8.78 Å². The Bertz CT molecular complexity index is 474. The third-order valence-electron chi connectivity index (χ3n) is 2.17.